The maximum atomic E-state index is 5.92. The van der Waals surface area contributed by atoms with Gasteiger partial charge in [-0.3, -0.25) is 0 Å². The zero-order valence-corrected chi connectivity index (χ0v) is 16.5. The fourth-order valence-corrected chi connectivity index (χ4v) is 3.97. The monoisotopic (exact) mass is 324 g/mol. The summed E-state index contributed by atoms with van der Waals surface area (Å²) in [6.45, 7) is 6.84. The van der Waals surface area contributed by atoms with Crippen LogP contribution in [0.5, 0.6) is 0 Å². The van der Waals surface area contributed by atoms with Gasteiger partial charge in [-0.2, -0.15) is 0 Å². The zero-order valence-electron chi connectivity index (χ0n) is 16.5. The van der Waals surface area contributed by atoms with Gasteiger partial charge in [0.2, 0.25) is 0 Å². The van der Waals surface area contributed by atoms with Crippen LogP contribution in [0.2, 0.25) is 0 Å². The first-order valence-corrected chi connectivity index (χ1v) is 11.0. The fourth-order valence-electron chi connectivity index (χ4n) is 3.97. The summed E-state index contributed by atoms with van der Waals surface area (Å²) in [5.74, 6) is 0. The Morgan fingerprint density at radius 3 is 1.30 bits per heavy atom. The molecule has 0 spiro atoms. The molecule has 1 aliphatic heterocycles. The predicted octanol–water partition coefficient (Wildman–Crippen LogP) is 7.82. The van der Waals surface area contributed by atoms with Crippen LogP contribution in [-0.4, -0.2) is 11.7 Å². The lowest BCUT2D eigenvalue weighted by atomic mass is 9.95. The number of hydrogen-bond donors (Lipinski definition) is 0. The van der Waals surface area contributed by atoms with Crippen LogP contribution in [0.15, 0.2) is 0 Å². The van der Waals surface area contributed by atoms with E-state index in [2.05, 4.69) is 20.8 Å². The van der Waals surface area contributed by atoms with E-state index in [4.69, 9.17) is 4.74 Å². The van der Waals surface area contributed by atoms with Gasteiger partial charge in [0.25, 0.3) is 0 Å². The number of unbranched alkanes of at least 4 members (excludes halogenated alkanes) is 13. The Labute approximate surface area is 147 Å². The van der Waals surface area contributed by atoms with Gasteiger partial charge in [-0.25, -0.2) is 0 Å². The first-order valence-electron chi connectivity index (χ1n) is 11.0. The average molecular weight is 325 g/mol. The van der Waals surface area contributed by atoms with Crippen LogP contribution in [0.4, 0.5) is 0 Å². The maximum Gasteiger partial charge on any atom is 0.0943 e. The van der Waals surface area contributed by atoms with Crippen molar-refractivity contribution in [2.45, 2.75) is 142 Å². The van der Waals surface area contributed by atoms with Gasteiger partial charge in [-0.1, -0.05) is 111 Å². The van der Waals surface area contributed by atoms with E-state index in [0.717, 1.165) is 0 Å². The minimum atomic E-state index is 0.288. The Balaban J connectivity index is 1.73. The van der Waals surface area contributed by atoms with Crippen LogP contribution in [0, 0.1) is 0 Å². The Kier molecular flexibility index (Phi) is 12.1. The van der Waals surface area contributed by atoms with Crippen LogP contribution in [0.25, 0.3) is 0 Å². The number of hydrogen-bond acceptors (Lipinski definition) is 1. The van der Waals surface area contributed by atoms with E-state index in [1.807, 2.05) is 0 Å². The molecule has 138 valence electrons. The van der Waals surface area contributed by atoms with Crippen molar-refractivity contribution in [2.75, 3.05) is 0 Å². The van der Waals surface area contributed by atoms with Crippen molar-refractivity contribution in [2.24, 2.45) is 0 Å². The van der Waals surface area contributed by atoms with Crippen molar-refractivity contribution in [3.63, 3.8) is 0 Å². The standard InChI is InChI=1S/C22H44O/c1-4-7-8-9-10-11-12-13-14-15-16-17-18-19-20-21-22(5-2,6-3)23-21/h21H,4-20H2,1-3H3. The number of epoxide rings is 1. The minimum Gasteiger partial charge on any atom is -0.366 e. The maximum absolute atomic E-state index is 5.92. The quantitative estimate of drug-likeness (QED) is 0.196. The van der Waals surface area contributed by atoms with Gasteiger partial charge in [-0.05, 0) is 19.3 Å². The molecule has 0 aromatic rings. The van der Waals surface area contributed by atoms with Crippen LogP contribution in [-0.2, 0) is 4.74 Å². The second-order valence-electron chi connectivity index (χ2n) is 7.76. The molecule has 0 amide bonds. The van der Waals surface area contributed by atoms with E-state index in [0.29, 0.717) is 6.10 Å². The molecule has 0 aromatic heterocycles. The smallest absolute Gasteiger partial charge is 0.0943 e. The fraction of sp³-hybridized carbons (Fsp3) is 1.00. The molecule has 1 heterocycles. The van der Waals surface area contributed by atoms with Gasteiger partial charge >= 0.3 is 0 Å². The van der Waals surface area contributed by atoms with Gasteiger partial charge in [0.15, 0.2) is 0 Å². The van der Waals surface area contributed by atoms with Crippen molar-refractivity contribution in [3.05, 3.63) is 0 Å². The van der Waals surface area contributed by atoms with E-state index in [1.165, 1.54) is 109 Å². The molecule has 1 fully saturated rings. The summed E-state index contributed by atoms with van der Waals surface area (Å²) < 4.78 is 5.92. The molecule has 23 heavy (non-hydrogen) atoms. The highest BCUT2D eigenvalue weighted by molar-refractivity contribution is 5.00. The summed E-state index contributed by atoms with van der Waals surface area (Å²) in [5, 5.41) is 0. The van der Waals surface area contributed by atoms with Crippen LogP contribution in [0.3, 0.4) is 0 Å². The molecule has 1 saturated heterocycles. The lowest BCUT2D eigenvalue weighted by Crippen LogP contribution is -2.11. The van der Waals surface area contributed by atoms with Crippen molar-refractivity contribution in [1.82, 2.24) is 0 Å². The summed E-state index contributed by atoms with van der Waals surface area (Å²) in [7, 11) is 0. The lowest BCUT2D eigenvalue weighted by molar-refractivity contribution is 0.277. The van der Waals surface area contributed by atoms with Gasteiger partial charge in [0.05, 0.1) is 11.7 Å². The highest BCUT2D eigenvalue weighted by Crippen LogP contribution is 2.45. The second-order valence-corrected chi connectivity index (χ2v) is 7.76. The number of ether oxygens (including phenoxy) is 1. The molecule has 1 nitrogen and oxygen atoms in total. The Morgan fingerprint density at radius 2 is 0.957 bits per heavy atom. The van der Waals surface area contributed by atoms with Crippen molar-refractivity contribution < 1.29 is 4.74 Å². The van der Waals surface area contributed by atoms with Gasteiger partial charge in [0, 0.05) is 0 Å². The van der Waals surface area contributed by atoms with E-state index in [-0.39, 0.29) is 5.60 Å². The van der Waals surface area contributed by atoms with Gasteiger partial charge < -0.3 is 4.74 Å². The molecule has 1 aliphatic rings. The lowest BCUT2D eigenvalue weighted by Gasteiger charge is -2.06. The third-order valence-electron chi connectivity index (χ3n) is 5.92. The third kappa shape index (κ3) is 9.13. The molecule has 0 radical (unpaired) electrons. The summed E-state index contributed by atoms with van der Waals surface area (Å²) in [6.07, 6.45) is 24.5. The molecule has 1 heteroatoms. The zero-order chi connectivity index (χ0) is 16.8. The summed E-state index contributed by atoms with van der Waals surface area (Å²) in [5.41, 5.74) is 0.288. The van der Waals surface area contributed by atoms with E-state index >= 15 is 0 Å². The van der Waals surface area contributed by atoms with E-state index in [1.54, 1.807) is 0 Å². The molecule has 0 N–H and O–H groups in total. The Morgan fingerprint density at radius 1 is 0.565 bits per heavy atom. The molecule has 0 aromatic carbocycles. The molecular weight excluding hydrogens is 280 g/mol. The normalized spacial score (nSPS) is 19.2. The van der Waals surface area contributed by atoms with Crippen LogP contribution in [0.1, 0.15) is 130 Å². The number of rotatable bonds is 17. The Bertz CT molecular complexity index is 257. The van der Waals surface area contributed by atoms with E-state index < -0.39 is 0 Å². The first kappa shape index (κ1) is 21.0. The van der Waals surface area contributed by atoms with Crippen molar-refractivity contribution >= 4 is 0 Å². The molecule has 1 rings (SSSR count). The highest BCUT2D eigenvalue weighted by Gasteiger charge is 2.52. The summed E-state index contributed by atoms with van der Waals surface area (Å²) in [4.78, 5) is 0. The third-order valence-corrected chi connectivity index (χ3v) is 5.92. The molecule has 1 unspecified atom stereocenters. The summed E-state index contributed by atoms with van der Waals surface area (Å²) in [6, 6.07) is 0. The summed E-state index contributed by atoms with van der Waals surface area (Å²) >= 11 is 0. The van der Waals surface area contributed by atoms with Crippen molar-refractivity contribution in [3.8, 4) is 0 Å². The van der Waals surface area contributed by atoms with Crippen LogP contribution >= 0.6 is 0 Å². The van der Waals surface area contributed by atoms with Gasteiger partial charge in [0.1, 0.15) is 0 Å². The van der Waals surface area contributed by atoms with E-state index in [9.17, 15) is 0 Å². The SMILES string of the molecule is CCCCCCCCCCCCCCCCC1OC1(CC)CC. The topological polar surface area (TPSA) is 12.5 Å². The molecule has 1 atom stereocenters. The first-order chi connectivity index (χ1) is 11.3. The highest BCUT2D eigenvalue weighted by atomic mass is 16.6. The van der Waals surface area contributed by atoms with Gasteiger partial charge in [-0.15, -0.1) is 0 Å². The van der Waals surface area contributed by atoms with Crippen molar-refractivity contribution in [1.29, 1.82) is 0 Å². The second kappa shape index (κ2) is 13.3. The average Bonchev–Trinajstić information content (AvgIpc) is 3.29. The molecular formula is C22H44O. The molecule has 0 saturated carbocycles. The van der Waals surface area contributed by atoms with Crippen LogP contribution < -0.4 is 0 Å². The molecule has 0 aliphatic carbocycles. The minimum absolute atomic E-state index is 0.288. The molecule has 0 bridgehead atoms. The largest absolute Gasteiger partial charge is 0.366 e. The predicted molar refractivity (Wildman–Crippen MR) is 103 cm³/mol. The Hall–Kier alpha value is -0.0400.